The van der Waals surface area contributed by atoms with Crippen molar-refractivity contribution in [3.63, 3.8) is 0 Å². The Labute approximate surface area is 203 Å². The third kappa shape index (κ3) is 3.04. The maximum absolute atomic E-state index is 13.3. The molecule has 8 rings (SSSR count). The molecule has 0 unspecified atom stereocenters. The van der Waals surface area contributed by atoms with Crippen molar-refractivity contribution < 1.29 is 19.1 Å². The zero-order chi connectivity index (χ0) is 23.7. The Balaban J connectivity index is 1.12. The second-order valence-electron chi connectivity index (χ2n) is 9.97. The van der Waals surface area contributed by atoms with Gasteiger partial charge in [-0.2, -0.15) is 0 Å². The second kappa shape index (κ2) is 7.51. The molecule has 2 saturated carbocycles. The summed E-state index contributed by atoms with van der Waals surface area (Å²) < 4.78 is 5.73. The van der Waals surface area contributed by atoms with Crippen LogP contribution in [0.3, 0.4) is 0 Å². The highest BCUT2D eigenvalue weighted by atomic mass is 16.5. The van der Waals surface area contributed by atoms with Crippen LogP contribution in [-0.4, -0.2) is 17.8 Å². The summed E-state index contributed by atoms with van der Waals surface area (Å²) in [7, 11) is 0. The molecule has 5 heteroatoms. The van der Waals surface area contributed by atoms with Crippen molar-refractivity contribution in [3.8, 4) is 16.9 Å². The normalized spacial score (nSPS) is 29.7. The van der Waals surface area contributed by atoms with Crippen molar-refractivity contribution in [1.82, 2.24) is 0 Å². The molecule has 3 aromatic rings. The Morgan fingerprint density at radius 1 is 0.743 bits per heavy atom. The molecule has 3 fully saturated rings. The molecule has 5 aliphatic rings. The van der Waals surface area contributed by atoms with Crippen LogP contribution in [0.25, 0.3) is 11.1 Å². The van der Waals surface area contributed by atoms with E-state index in [2.05, 4.69) is 12.2 Å². The lowest BCUT2D eigenvalue weighted by Gasteiger charge is -2.37. The fourth-order valence-corrected chi connectivity index (χ4v) is 6.53. The molecule has 172 valence electrons. The number of nitrogens with zero attached hydrogens (tertiary/aromatic N) is 1. The van der Waals surface area contributed by atoms with Gasteiger partial charge in [-0.15, -0.1) is 0 Å². The number of benzene rings is 3. The minimum atomic E-state index is -0.491. The SMILES string of the molecule is O=C(Oc1ccccc1-c1ccccc1)c1ccc(N2C(=O)[C@@H]3[C@H]4C=C[C@@H]([C@@H]5C[C@H]45)[C@H]3C2=O)cc1. The van der Waals surface area contributed by atoms with Crippen LogP contribution < -0.4 is 9.64 Å². The number of anilines is 1. The van der Waals surface area contributed by atoms with Crippen LogP contribution in [0.2, 0.25) is 0 Å². The van der Waals surface area contributed by atoms with E-state index in [1.54, 1.807) is 30.3 Å². The second-order valence-corrected chi connectivity index (χ2v) is 9.97. The number of hydrogen-bond donors (Lipinski definition) is 0. The zero-order valence-electron chi connectivity index (χ0n) is 18.9. The van der Waals surface area contributed by atoms with Gasteiger partial charge in [0.2, 0.25) is 11.8 Å². The molecule has 5 nitrogen and oxygen atoms in total. The van der Waals surface area contributed by atoms with Gasteiger partial charge < -0.3 is 4.74 Å². The first kappa shape index (κ1) is 20.4. The lowest BCUT2D eigenvalue weighted by molar-refractivity contribution is -0.124. The largest absolute Gasteiger partial charge is 0.422 e. The lowest BCUT2D eigenvalue weighted by Crippen LogP contribution is -2.40. The predicted molar refractivity (Wildman–Crippen MR) is 130 cm³/mol. The number of para-hydroxylation sites is 1. The third-order valence-corrected chi connectivity index (χ3v) is 8.20. The number of ether oxygens (including phenoxy) is 1. The first-order valence-electron chi connectivity index (χ1n) is 12.1. The first-order chi connectivity index (χ1) is 17.1. The van der Waals surface area contributed by atoms with Crippen molar-refractivity contribution in [1.29, 1.82) is 0 Å². The van der Waals surface area contributed by atoms with Gasteiger partial charge >= 0.3 is 5.97 Å². The Kier molecular flexibility index (Phi) is 4.37. The fraction of sp³-hybridized carbons (Fsp3) is 0.233. The van der Waals surface area contributed by atoms with Crippen LogP contribution in [0.4, 0.5) is 5.69 Å². The smallest absolute Gasteiger partial charge is 0.343 e. The maximum atomic E-state index is 13.3. The van der Waals surface area contributed by atoms with Crippen molar-refractivity contribution in [2.75, 3.05) is 4.90 Å². The Hall–Kier alpha value is -3.99. The van der Waals surface area contributed by atoms with Crippen LogP contribution in [0, 0.1) is 35.5 Å². The van der Waals surface area contributed by atoms with Gasteiger partial charge in [-0.25, -0.2) is 4.79 Å². The monoisotopic (exact) mass is 461 g/mol. The van der Waals surface area contributed by atoms with Crippen LogP contribution in [0.1, 0.15) is 16.8 Å². The molecule has 0 N–H and O–H groups in total. The van der Waals surface area contributed by atoms with Crippen LogP contribution in [-0.2, 0) is 9.59 Å². The first-order valence-corrected chi connectivity index (χ1v) is 12.1. The van der Waals surface area contributed by atoms with Gasteiger partial charge in [0.1, 0.15) is 5.75 Å². The standard InChI is InChI=1S/C30H23NO4/c32-28-26-21-14-15-22(24-16-23(21)24)27(26)29(33)31(28)19-12-10-18(11-13-19)30(34)35-25-9-5-4-8-20(25)17-6-2-1-3-7-17/h1-15,21-24,26-27H,16H2/t21-,22-,23-,24+,26+,27+/m0/s1. The fourth-order valence-electron chi connectivity index (χ4n) is 6.53. The number of imide groups is 1. The Morgan fingerprint density at radius 3 is 2.00 bits per heavy atom. The number of esters is 1. The minimum absolute atomic E-state index is 0.100. The number of rotatable bonds is 4. The highest BCUT2D eigenvalue weighted by Gasteiger charge is 2.67. The Bertz CT molecular complexity index is 1360. The average Bonchev–Trinajstić information content (AvgIpc) is 3.68. The van der Waals surface area contributed by atoms with Gasteiger partial charge in [0, 0.05) is 5.56 Å². The molecule has 2 amide bonds. The maximum Gasteiger partial charge on any atom is 0.343 e. The van der Waals surface area contributed by atoms with Crippen LogP contribution in [0.15, 0.2) is 91.0 Å². The highest BCUT2D eigenvalue weighted by Crippen LogP contribution is 2.65. The number of carbonyl (C=O) groups excluding carboxylic acids is 3. The summed E-state index contributed by atoms with van der Waals surface area (Å²) in [5.41, 5.74) is 2.66. The molecule has 1 aliphatic heterocycles. The number of allylic oxidation sites excluding steroid dienone is 2. The van der Waals surface area contributed by atoms with Crippen molar-refractivity contribution in [2.24, 2.45) is 35.5 Å². The summed E-state index contributed by atoms with van der Waals surface area (Å²) in [5.74, 6) is 0.830. The van der Waals surface area contributed by atoms with E-state index in [9.17, 15) is 14.4 Å². The van der Waals surface area contributed by atoms with E-state index in [0.29, 0.717) is 28.8 Å². The summed E-state index contributed by atoms with van der Waals surface area (Å²) in [6, 6.07) is 23.7. The lowest BCUT2D eigenvalue weighted by atomic mass is 9.63. The number of carbonyl (C=O) groups is 3. The van der Waals surface area contributed by atoms with Gasteiger partial charge in [-0.05, 0) is 66.0 Å². The van der Waals surface area contributed by atoms with Crippen molar-refractivity contribution in [3.05, 3.63) is 96.6 Å². The van der Waals surface area contributed by atoms with Crippen LogP contribution in [0.5, 0.6) is 5.75 Å². The van der Waals surface area contributed by atoms with Gasteiger partial charge in [-0.1, -0.05) is 60.7 Å². The summed E-state index contributed by atoms with van der Waals surface area (Å²) in [6.45, 7) is 0. The van der Waals surface area contributed by atoms with Gasteiger partial charge in [-0.3, -0.25) is 14.5 Å². The third-order valence-electron chi connectivity index (χ3n) is 8.20. The van der Waals surface area contributed by atoms with E-state index in [-0.39, 0.29) is 35.5 Å². The summed E-state index contributed by atoms with van der Waals surface area (Å²) in [6.07, 6.45) is 5.47. The molecule has 4 aliphatic carbocycles. The van der Waals surface area contributed by atoms with Crippen molar-refractivity contribution in [2.45, 2.75) is 6.42 Å². The zero-order valence-corrected chi connectivity index (χ0v) is 18.9. The molecule has 0 radical (unpaired) electrons. The Morgan fingerprint density at radius 2 is 1.34 bits per heavy atom. The molecule has 1 heterocycles. The molecule has 1 saturated heterocycles. The van der Waals surface area contributed by atoms with E-state index < -0.39 is 5.97 Å². The molecule has 0 aromatic heterocycles. The molecule has 2 bridgehead atoms. The van der Waals surface area contributed by atoms with Gasteiger partial charge in [0.05, 0.1) is 23.1 Å². The van der Waals surface area contributed by atoms with Crippen molar-refractivity contribution >= 4 is 23.5 Å². The molecule has 6 atom stereocenters. The predicted octanol–water partition coefficient (Wildman–Crippen LogP) is 5.13. The highest BCUT2D eigenvalue weighted by molar-refractivity contribution is 6.22. The topological polar surface area (TPSA) is 63.7 Å². The van der Waals surface area contributed by atoms with E-state index in [1.165, 1.54) is 4.90 Å². The van der Waals surface area contributed by atoms with E-state index >= 15 is 0 Å². The number of hydrogen-bond acceptors (Lipinski definition) is 4. The molecule has 35 heavy (non-hydrogen) atoms. The van der Waals surface area contributed by atoms with E-state index in [4.69, 9.17) is 4.74 Å². The van der Waals surface area contributed by atoms with Crippen LogP contribution >= 0.6 is 0 Å². The van der Waals surface area contributed by atoms with Gasteiger partial charge in [0.25, 0.3) is 0 Å². The summed E-state index contributed by atoms with van der Waals surface area (Å²) in [5, 5.41) is 0. The van der Waals surface area contributed by atoms with E-state index in [0.717, 1.165) is 17.5 Å². The van der Waals surface area contributed by atoms with Gasteiger partial charge in [0.15, 0.2) is 0 Å². The summed E-state index contributed by atoms with van der Waals surface area (Å²) in [4.78, 5) is 40.9. The molecular weight excluding hydrogens is 438 g/mol. The molecule has 0 spiro atoms. The average molecular weight is 462 g/mol. The quantitative estimate of drug-likeness (QED) is 0.234. The minimum Gasteiger partial charge on any atom is -0.422 e. The van der Waals surface area contributed by atoms with E-state index in [1.807, 2.05) is 48.5 Å². The summed E-state index contributed by atoms with van der Waals surface area (Å²) >= 11 is 0. The molecule has 3 aromatic carbocycles. The number of amides is 2. The molecular formula is C30H23NO4.